The van der Waals surface area contributed by atoms with Gasteiger partial charge >= 0.3 is 0 Å². The minimum atomic E-state index is 0.221. The Kier molecular flexibility index (Phi) is 3.56. The molecule has 0 aliphatic heterocycles. The number of rotatable bonds is 4. The van der Waals surface area contributed by atoms with Crippen molar-refractivity contribution in [3.05, 3.63) is 34.9 Å². The molecule has 0 heterocycles. The summed E-state index contributed by atoms with van der Waals surface area (Å²) in [6, 6.07) is 6.71. The van der Waals surface area contributed by atoms with Gasteiger partial charge in [0, 0.05) is 18.0 Å². The molecule has 0 spiro atoms. The molecule has 1 fully saturated rings. The summed E-state index contributed by atoms with van der Waals surface area (Å²) in [6.07, 6.45) is 3.76. The van der Waals surface area contributed by atoms with E-state index in [2.05, 4.69) is 37.4 Å². The van der Waals surface area contributed by atoms with Crippen molar-refractivity contribution in [1.29, 1.82) is 0 Å². The summed E-state index contributed by atoms with van der Waals surface area (Å²) in [4.78, 5) is 0. The molecule has 1 aromatic rings. The van der Waals surface area contributed by atoms with E-state index in [9.17, 15) is 0 Å². The SMILES string of the molecule is Cc1cc(C)cc(CNC2(CCl)CCC2)c1. The lowest BCUT2D eigenvalue weighted by Gasteiger charge is -2.41. The molecule has 1 nitrogen and oxygen atoms in total. The molecule has 2 heteroatoms. The number of nitrogens with one attached hydrogen (secondary N) is 1. The van der Waals surface area contributed by atoms with E-state index in [1.54, 1.807) is 0 Å². The highest BCUT2D eigenvalue weighted by atomic mass is 35.5. The molecule has 0 bridgehead atoms. The molecule has 0 unspecified atom stereocenters. The third-order valence-electron chi connectivity index (χ3n) is 3.52. The number of benzene rings is 1. The van der Waals surface area contributed by atoms with Crippen LogP contribution in [0.4, 0.5) is 0 Å². The monoisotopic (exact) mass is 237 g/mol. The van der Waals surface area contributed by atoms with E-state index in [4.69, 9.17) is 11.6 Å². The lowest BCUT2D eigenvalue weighted by atomic mass is 9.78. The molecule has 1 N–H and O–H groups in total. The predicted octanol–water partition coefficient (Wildman–Crippen LogP) is 3.55. The van der Waals surface area contributed by atoms with Crippen molar-refractivity contribution in [3.8, 4) is 0 Å². The van der Waals surface area contributed by atoms with Gasteiger partial charge in [-0.2, -0.15) is 0 Å². The molecule has 0 radical (unpaired) electrons. The van der Waals surface area contributed by atoms with Gasteiger partial charge in [-0.25, -0.2) is 0 Å². The summed E-state index contributed by atoms with van der Waals surface area (Å²) in [5.41, 5.74) is 4.27. The molecule has 0 atom stereocenters. The van der Waals surface area contributed by atoms with Crippen LogP contribution >= 0.6 is 11.6 Å². The van der Waals surface area contributed by atoms with Crippen LogP contribution < -0.4 is 5.32 Å². The largest absolute Gasteiger partial charge is 0.306 e. The zero-order chi connectivity index (χ0) is 11.6. The Morgan fingerprint density at radius 2 is 1.81 bits per heavy atom. The highest BCUT2D eigenvalue weighted by molar-refractivity contribution is 6.18. The van der Waals surface area contributed by atoms with Crippen LogP contribution in [0.5, 0.6) is 0 Å². The second kappa shape index (κ2) is 4.77. The number of alkyl halides is 1. The minimum absolute atomic E-state index is 0.221. The topological polar surface area (TPSA) is 12.0 Å². The molecular formula is C14H20ClN. The van der Waals surface area contributed by atoms with Crippen molar-refractivity contribution in [2.24, 2.45) is 0 Å². The Morgan fingerprint density at radius 3 is 2.25 bits per heavy atom. The Labute approximate surface area is 103 Å². The second-order valence-corrected chi connectivity index (χ2v) is 5.38. The molecule has 16 heavy (non-hydrogen) atoms. The van der Waals surface area contributed by atoms with E-state index in [1.165, 1.54) is 36.0 Å². The van der Waals surface area contributed by atoms with Gasteiger partial charge in [0.15, 0.2) is 0 Å². The van der Waals surface area contributed by atoms with Gasteiger partial charge in [-0.05, 0) is 38.7 Å². The zero-order valence-electron chi connectivity index (χ0n) is 10.1. The van der Waals surface area contributed by atoms with E-state index in [0.717, 1.165) is 12.4 Å². The number of aryl methyl sites for hydroxylation is 2. The van der Waals surface area contributed by atoms with E-state index in [-0.39, 0.29) is 5.54 Å². The van der Waals surface area contributed by atoms with Crippen LogP contribution in [0.1, 0.15) is 36.0 Å². The van der Waals surface area contributed by atoms with Crippen LogP contribution in [0.15, 0.2) is 18.2 Å². The number of halogens is 1. The average molecular weight is 238 g/mol. The van der Waals surface area contributed by atoms with E-state index in [0.29, 0.717) is 0 Å². The molecule has 1 aliphatic carbocycles. The fourth-order valence-electron chi connectivity index (χ4n) is 2.42. The quantitative estimate of drug-likeness (QED) is 0.790. The second-order valence-electron chi connectivity index (χ2n) is 5.12. The molecule has 88 valence electrons. The van der Waals surface area contributed by atoms with Gasteiger partial charge in [-0.3, -0.25) is 0 Å². The Morgan fingerprint density at radius 1 is 1.19 bits per heavy atom. The summed E-state index contributed by atoms with van der Waals surface area (Å²) < 4.78 is 0. The first kappa shape index (κ1) is 11.9. The van der Waals surface area contributed by atoms with Crippen molar-refractivity contribution in [2.75, 3.05) is 5.88 Å². The first-order chi connectivity index (χ1) is 7.63. The first-order valence-corrected chi connectivity index (χ1v) is 6.55. The lowest BCUT2D eigenvalue weighted by Crippen LogP contribution is -2.52. The van der Waals surface area contributed by atoms with E-state index < -0.39 is 0 Å². The van der Waals surface area contributed by atoms with Crippen LogP contribution in [0.25, 0.3) is 0 Å². The normalized spacial score (nSPS) is 18.2. The van der Waals surface area contributed by atoms with Crippen LogP contribution in [-0.2, 0) is 6.54 Å². The Hall–Kier alpha value is -0.530. The van der Waals surface area contributed by atoms with Gasteiger partial charge in [-0.1, -0.05) is 29.3 Å². The number of hydrogen-bond donors (Lipinski definition) is 1. The fourth-order valence-corrected chi connectivity index (χ4v) is 2.78. The number of hydrogen-bond acceptors (Lipinski definition) is 1. The molecular weight excluding hydrogens is 218 g/mol. The highest BCUT2D eigenvalue weighted by Crippen LogP contribution is 2.33. The van der Waals surface area contributed by atoms with Gasteiger partial charge in [-0.15, -0.1) is 11.6 Å². The summed E-state index contributed by atoms with van der Waals surface area (Å²) in [5.74, 6) is 0.734. The van der Waals surface area contributed by atoms with Crippen LogP contribution in [0.2, 0.25) is 0 Å². The fraction of sp³-hybridized carbons (Fsp3) is 0.571. The van der Waals surface area contributed by atoms with Gasteiger partial charge in [0.25, 0.3) is 0 Å². The maximum Gasteiger partial charge on any atom is 0.0406 e. The lowest BCUT2D eigenvalue weighted by molar-refractivity contribution is 0.211. The molecule has 0 saturated heterocycles. The van der Waals surface area contributed by atoms with Gasteiger partial charge in [0.2, 0.25) is 0 Å². The van der Waals surface area contributed by atoms with Crippen molar-refractivity contribution >= 4 is 11.6 Å². The predicted molar refractivity (Wildman–Crippen MR) is 70.1 cm³/mol. The summed E-state index contributed by atoms with van der Waals surface area (Å²) in [6.45, 7) is 5.24. The van der Waals surface area contributed by atoms with Gasteiger partial charge in [0.1, 0.15) is 0 Å². The van der Waals surface area contributed by atoms with Gasteiger partial charge < -0.3 is 5.32 Å². The zero-order valence-corrected chi connectivity index (χ0v) is 10.9. The summed E-state index contributed by atoms with van der Waals surface area (Å²) in [5, 5.41) is 3.62. The summed E-state index contributed by atoms with van der Waals surface area (Å²) in [7, 11) is 0. The highest BCUT2D eigenvalue weighted by Gasteiger charge is 2.35. The van der Waals surface area contributed by atoms with Crippen molar-refractivity contribution in [3.63, 3.8) is 0 Å². The maximum absolute atomic E-state index is 6.03. The maximum atomic E-state index is 6.03. The Balaban J connectivity index is 1.98. The van der Waals surface area contributed by atoms with E-state index in [1.807, 2.05) is 0 Å². The smallest absolute Gasteiger partial charge is 0.0406 e. The molecule has 0 amide bonds. The van der Waals surface area contributed by atoms with E-state index >= 15 is 0 Å². The van der Waals surface area contributed by atoms with Crippen molar-refractivity contribution in [1.82, 2.24) is 5.32 Å². The summed E-state index contributed by atoms with van der Waals surface area (Å²) >= 11 is 6.03. The van der Waals surface area contributed by atoms with Crippen LogP contribution in [0.3, 0.4) is 0 Å². The molecule has 1 aliphatic rings. The van der Waals surface area contributed by atoms with Crippen LogP contribution in [-0.4, -0.2) is 11.4 Å². The molecule has 2 rings (SSSR count). The average Bonchev–Trinajstić information content (AvgIpc) is 2.15. The van der Waals surface area contributed by atoms with Crippen molar-refractivity contribution < 1.29 is 0 Å². The standard InChI is InChI=1S/C14H20ClN/c1-11-6-12(2)8-13(7-11)9-16-14(10-15)4-3-5-14/h6-8,16H,3-5,9-10H2,1-2H3. The van der Waals surface area contributed by atoms with Crippen LogP contribution in [0, 0.1) is 13.8 Å². The molecule has 1 saturated carbocycles. The minimum Gasteiger partial charge on any atom is -0.306 e. The third-order valence-corrected chi connectivity index (χ3v) is 4.03. The van der Waals surface area contributed by atoms with Gasteiger partial charge in [0.05, 0.1) is 0 Å². The molecule has 1 aromatic carbocycles. The Bertz CT molecular complexity index is 343. The first-order valence-electron chi connectivity index (χ1n) is 6.02. The third kappa shape index (κ3) is 2.58. The van der Waals surface area contributed by atoms with Crippen molar-refractivity contribution in [2.45, 2.75) is 45.2 Å². The molecule has 0 aromatic heterocycles.